The molecule has 0 saturated heterocycles. The van der Waals surface area contributed by atoms with Crippen molar-refractivity contribution in [2.45, 2.75) is 0 Å². The molecule has 0 atom stereocenters. The third-order valence-corrected chi connectivity index (χ3v) is 25.2. The van der Waals surface area contributed by atoms with Gasteiger partial charge in [-0.1, -0.05) is 0 Å². The van der Waals surface area contributed by atoms with Crippen molar-refractivity contribution in [3.63, 3.8) is 0 Å². The second-order valence-corrected chi connectivity index (χ2v) is 31.3. The van der Waals surface area contributed by atoms with Gasteiger partial charge < -0.3 is 0 Å². The molecule has 0 heterocycles. The first-order valence-corrected chi connectivity index (χ1v) is 18.6. The molecular weight excluding hydrogens is 471 g/mol. The van der Waals surface area contributed by atoms with Crippen LogP contribution in [0.1, 0.15) is 0 Å². The molecule has 0 fully saturated rings. The summed E-state index contributed by atoms with van der Waals surface area (Å²) in [6.45, 7) is 0. The predicted octanol–water partition coefficient (Wildman–Crippen LogP) is -2.03. The molecule has 0 saturated carbocycles. The van der Waals surface area contributed by atoms with E-state index in [9.17, 15) is 18.2 Å². The van der Waals surface area contributed by atoms with Gasteiger partial charge in [-0.3, -0.25) is 0 Å². The van der Waals surface area contributed by atoms with Crippen LogP contribution in [0.25, 0.3) is 0 Å². The van der Waals surface area contributed by atoms with E-state index in [0.717, 1.165) is 0 Å². The van der Waals surface area contributed by atoms with Crippen molar-refractivity contribution in [2.75, 3.05) is 0 Å². The maximum atomic E-state index is 10.4. The van der Waals surface area contributed by atoms with Crippen molar-refractivity contribution in [1.82, 2.24) is 0 Å². The summed E-state index contributed by atoms with van der Waals surface area (Å²) in [5, 5.41) is 0. The van der Waals surface area contributed by atoms with E-state index in [1.807, 2.05) is 0 Å². The Morgan fingerprint density at radius 3 is 1.54 bits per heavy atom. The van der Waals surface area contributed by atoms with E-state index in [-0.39, 0.29) is 0 Å². The molecule has 4 N–H and O–H groups in total. The van der Waals surface area contributed by atoms with Crippen LogP contribution < -0.4 is 0 Å². The maximum absolute atomic E-state index is 10.4. The summed E-state index contributed by atoms with van der Waals surface area (Å²) in [5.74, 6) is 0. The van der Waals surface area contributed by atoms with Crippen LogP contribution in [0.2, 0.25) is 0 Å². The van der Waals surface area contributed by atoms with Crippen LogP contribution in [-0.4, -0.2) is 17.3 Å². The summed E-state index contributed by atoms with van der Waals surface area (Å²) in [5.41, 5.74) is 0. The van der Waals surface area contributed by atoms with Crippen molar-refractivity contribution < 1.29 is 64.5 Å². The molecule has 0 aliphatic heterocycles. The molecular formula is H4MoO10PW. The predicted molar refractivity (Wildman–Crippen MR) is 20.3 cm³/mol. The van der Waals surface area contributed by atoms with Crippen LogP contribution in [0.3, 0.4) is 0 Å². The van der Waals surface area contributed by atoms with Crippen molar-refractivity contribution in [2.24, 2.45) is 0 Å². The molecule has 0 spiro atoms. The van der Waals surface area contributed by atoms with Crippen LogP contribution >= 0.6 is 7.82 Å². The first-order chi connectivity index (χ1) is 5.22. The van der Waals surface area contributed by atoms with Crippen LogP contribution in [-0.2, 0) is 47.2 Å². The summed E-state index contributed by atoms with van der Waals surface area (Å²) in [6, 6.07) is 0. The second kappa shape index (κ2) is 3.05. The summed E-state index contributed by atoms with van der Waals surface area (Å²) >= 11 is -15.8. The fourth-order valence-electron chi connectivity index (χ4n) is 0.171. The molecule has 81 valence electrons. The Kier molecular flexibility index (Phi) is 3.19. The second-order valence-electron chi connectivity index (χ2n) is 1.71. The number of phosphoric acid groups is 1. The van der Waals surface area contributed by atoms with Crippen LogP contribution in [0.5, 0.6) is 0 Å². The van der Waals surface area contributed by atoms with Crippen molar-refractivity contribution in [1.29, 1.82) is 0 Å². The molecule has 0 rings (SSSR count). The van der Waals surface area contributed by atoms with E-state index in [1.54, 1.807) is 0 Å². The van der Waals surface area contributed by atoms with Gasteiger partial charge in [0.05, 0.1) is 0 Å². The molecule has 0 aromatic carbocycles. The van der Waals surface area contributed by atoms with Crippen LogP contribution in [0, 0.1) is 0 Å². The Bertz CT molecular complexity index is 455. The van der Waals surface area contributed by atoms with Gasteiger partial charge >= 0.3 is 72.3 Å². The SMILES string of the molecule is O=P(O)(O)[O][W](=[O])(=[O])[Mo](=[O])(=[O])([OH])[OH]. The Hall–Kier alpha value is 0.607. The molecule has 0 aromatic heterocycles. The summed E-state index contributed by atoms with van der Waals surface area (Å²) < 4.78 is 69.7. The van der Waals surface area contributed by atoms with Gasteiger partial charge in [-0.15, -0.1) is 0 Å². The zero-order valence-electron chi connectivity index (χ0n) is 5.50. The fraction of sp³-hybridized carbons (Fsp3) is 0. The molecule has 0 aromatic rings. The van der Waals surface area contributed by atoms with Gasteiger partial charge in [-0.05, 0) is 0 Å². The van der Waals surface area contributed by atoms with Crippen LogP contribution in [0.15, 0.2) is 0 Å². The Balaban J connectivity index is 5.46. The Morgan fingerprint density at radius 2 is 1.46 bits per heavy atom. The Labute approximate surface area is 72.2 Å². The van der Waals surface area contributed by atoms with E-state index < -0.39 is 33.7 Å². The van der Waals surface area contributed by atoms with Crippen molar-refractivity contribution >= 4 is 7.82 Å². The number of hydrogen-bond acceptors (Lipinski definition) is 6. The monoisotopic (exact) mass is 477 g/mol. The minimum absolute atomic E-state index is 2.82. The summed E-state index contributed by atoms with van der Waals surface area (Å²) in [6.07, 6.45) is 0. The van der Waals surface area contributed by atoms with E-state index in [2.05, 4.69) is 3.18 Å². The topological polar surface area (TPSA) is 175 Å². The van der Waals surface area contributed by atoms with Crippen molar-refractivity contribution in [3.05, 3.63) is 0 Å². The van der Waals surface area contributed by atoms with Gasteiger partial charge in [0, 0.05) is 0 Å². The minimum atomic E-state index is -8.27. The van der Waals surface area contributed by atoms with Gasteiger partial charge in [0.25, 0.3) is 0 Å². The van der Waals surface area contributed by atoms with Gasteiger partial charge in [0.2, 0.25) is 0 Å². The quantitative estimate of drug-likeness (QED) is 0.263. The molecule has 0 bridgehead atoms. The van der Waals surface area contributed by atoms with Crippen LogP contribution in [0.4, 0.5) is 0 Å². The molecule has 0 unspecified atom stereocenters. The zero-order chi connectivity index (χ0) is 11.2. The third kappa shape index (κ3) is 4.10. The van der Waals surface area contributed by atoms with Crippen molar-refractivity contribution in [3.8, 4) is 0 Å². The van der Waals surface area contributed by atoms with Gasteiger partial charge in [0.15, 0.2) is 0 Å². The van der Waals surface area contributed by atoms with E-state index in [0.29, 0.717) is 0 Å². The summed E-state index contributed by atoms with van der Waals surface area (Å²) in [7, 11) is -5.63. The first-order valence-electron chi connectivity index (χ1n) is 2.13. The average molecular weight is 475 g/mol. The van der Waals surface area contributed by atoms with Gasteiger partial charge in [-0.2, -0.15) is 0 Å². The molecule has 13 heavy (non-hydrogen) atoms. The molecule has 10 nitrogen and oxygen atoms in total. The van der Waals surface area contributed by atoms with Gasteiger partial charge in [-0.25, -0.2) is 0 Å². The normalized spacial score (nSPS) is 17.7. The number of hydrogen-bond donors (Lipinski definition) is 4. The average Bonchev–Trinajstić information content (AvgIpc) is 1.48. The fourth-order valence-corrected chi connectivity index (χ4v) is 15.3. The Morgan fingerprint density at radius 1 is 1.15 bits per heavy atom. The zero-order valence-corrected chi connectivity index (χ0v) is 11.3. The van der Waals surface area contributed by atoms with E-state index in [4.69, 9.17) is 17.3 Å². The van der Waals surface area contributed by atoms with Gasteiger partial charge in [0.1, 0.15) is 0 Å². The summed E-state index contributed by atoms with van der Waals surface area (Å²) in [4.78, 5) is 15.8. The standard InChI is InChI=1S/Mo.H3O4P.2H2O.4O.W/c;1-5(2,3)4;;;;;;;/h;(H3,1,2,3,4);2*1H2;;;;;/q+2;;;;;;;;+1/p-3. The molecule has 0 aliphatic rings. The molecule has 0 amide bonds. The molecule has 0 radical (unpaired) electrons. The first kappa shape index (κ1) is 13.6. The van der Waals surface area contributed by atoms with E-state index >= 15 is 0 Å². The molecule has 13 heteroatoms. The number of rotatable bonds is 3. The third-order valence-electron chi connectivity index (χ3n) is 0.538. The van der Waals surface area contributed by atoms with E-state index in [1.165, 1.54) is 0 Å². The molecule has 0 aliphatic carbocycles.